The van der Waals surface area contributed by atoms with Crippen LogP contribution in [0.2, 0.25) is 0 Å². The third-order valence-electron chi connectivity index (χ3n) is 41.6. The van der Waals surface area contributed by atoms with Crippen molar-refractivity contribution in [3.8, 4) is 78.8 Å². The van der Waals surface area contributed by atoms with Crippen molar-refractivity contribution in [2.45, 2.75) is 265 Å². The fraction of sp³-hybridized carbons (Fsp3) is 0.471. The fourth-order valence-corrected chi connectivity index (χ4v) is 34.2. The Morgan fingerprint density at radius 3 is 0.407 bits per heavy atom. The van der Waals surface area contributed by atoms with Gasteiger partial charge in [0, 0.05) is 80.4 Å². The number of aliphatic hydroxyl groups excluding tert-OH is 7. The molecule has 7 aromatic heterocycles. The van der Waals surface area contributed by atoms with Gasteiger partial charge in [-0.25, -0.2) is 34.9 Å². The molecule has 7 aromatic carbocycles. The summed E-state index contributed by atoms with van der Waals surface area (Å²) in [6.07, 6.45) is 60.6. The van der Waals surface area contributed by atoms with Gasteiger partial charge in [-0.3, -0.25) is 0 Å². The van der Waals surface area contributed by atoms with E-state index in [4.69, 9.17) is 0 Å². The summed E-state index contributed by atoms with van der Waals surface area (Å²) in [5, 5.41) is 73.0. The smallest absolute Gasteiger partial charge is 0.0956 e. The van der Waals surface area contributed by atoms with Crippen LogP contribution >= 0.6 is 0 Å². The molecule has 0 amide bonds. The number of imidazole rings is 7. The third kappa shape index (κ3) is 12.0. The van der Waals surface area contributed by atoms with Gasteiger partial charge in [0.25, 0.3) is 0 Å². The summed E-state index contributed by atoms with van der Waals surface area (Å²) in [6, 6.07) is 62.3. The molecule has 714 valence electrons. The Morgan fingerprint density at radius 2 is 0.300 bits per heavy atom. The number of rotatable bonds is 7. The van der Waals surface area contributed by atoms with Gasteiger partial charge >= 0.3 is 0 Å². The number of hydrogen-bond donors (Lipinski definition) is 7. The highest BCUT2D eigenvalue weighted by Crippen LogP contribution is 2.73. The molecule has 14 saturated carbocycles. The van der Waals surface area contributed by atoms with E-state index in [0.29, 0.717) is 79.3 Å². The lowest BCUT2D eigenvalue weighted by Gasteiger charge is -2.61. The summed E-state index contributed by atoms with van der Waals surface area (Å²) in [7, 11) is 0. The molecule has 14 aliphatic carbocycles. The van der Waals surface area contributed by atoms with Crippen molar-refractivity contribution in [2.75, 3.05) is 0 Å². The van der Waals surface area contributed by atoms with Crippen LogP contribution in [0.5, 0.6) is 0 Å². The number of nitrogens with zero attached hydrogens (tertiary/aromatic N) is 14. The van der Waals surface area contributed by atoms with E-state index < -0.39 is 0 Å². The zero-order valence-electron chi connectivity index (χ0n) is 79.6. The molecule has 0 unspecified atom stereocenters. The molecule has 21 atom stereocenters. The lowest BCUT2D eigenvalue weighted by atomic mass is 9.46. The van der Waals surface area contributed by atoms with Crippen molar-refractivity contribution in [2.24, 2.45) is 79.3 Å². The molecule has 7 spiro atoms. The molecule has 14 heterocycles. The number of hydrogen-bond acceptors (Lipinski definition) is 14. The third-order valence-corrected chi connectivity index (χ3v) is 41.6. The molecule has 7 aliphatic heterocycles. The van der Waals surface area contributed by atoms with Crippen LogP contribution in [0.15, 0.2) is 258 Å². The van der Waals surface area contributed by atoms with Crippen LogP contribution in [0.4, 0.5) is 0 Å². The van der Waals surface area contributed by atoms with Crippen molar-refractivity contribution in [3.63, 3.8) is 0 Å². The molecule has 21 heteroatoms. The van der Waals surface area contributed by atoms with Crippen molar-refractivity contribution in [1.29, 1.82) is 0 Å². The molecule has 14 fully saturated rings. The maximum atomic E-state index is 10.4. The van der Waals surface area contributed by atoms with Gasteiger partial charge in [-0.05, 0) is 212 Å². The Hall–Kier alpha value is -11.3. The first kappa shape index (κ1) is 85.5. The summed E-state index contributed by atoms with van der Waals surface area (Å²) in [4.78, 5) is 30.3. The Kier molecular flexibility index (Phi) is 19.3. The highest BCUT2D eigenvalue weighted by Gasteiger charge is 2.68. The van der Waals surface area contributed by atoms with Gasteiger partial charge in [0.05, 0.1) is 213 Å². The monoisotopic (exact) mass is 1860 g/mol. The van der Waals surface area contributed by atoms with Crippen LogP contribution in [-0.4, -0.2) is 145 Å². The van der Waals surface area contributed by atoms with Crippen LogP contribution in [0, 0.1) is 79.3 Å². The Morgan fingerprint density at radius 1 is 0.179 bits per heavy atom. The van der Waals surface area contributed by atoms with Crippen molar-refractivity contribution in [1.82, 2.24) is 66.9 Å². The first-order valence-corrected chi connectivity index (χ1v) is 53.2. The van der Waals surface area contributed by atoms with Crippen molar-refractivity contribution in [3.05, 3.63) is 296 Å². The van der Waals surface area contributed by atoms with Gasteiger partial charge in [0.1, 0.15) is 0 Å². The summed E-state index contributed by atoms with van der Waals surface area (Å²) in [5.41, 5.74) is 30.0. The van der Waals surface area contributed by atoms with Gasteiger partial charge in [0.15, 0.2) is 0 Å². The standard InChI is InChI=1S/7C17H18N2O/c7*20-14-8-17(6-3-7-17)15(14)16-12-5-2-1-4-11(12)13-9-18-10-19(13)16/h7*1-2,4-5,9-10,14-16,20H,3,6-8H2/t2*14-,15+,16+;2*14-,15+,16-;14-,15-,16+;2*14-,15-,16-/m1010110/s1. The second kappa shape index (κ2) is 31.6. The molecule has 21 nitrogen and oxygen atoms in total. The van der Waals surface area contributed by atoms with E-state index in [0.717, 1.165) is 44.9 Å². The molecule has 140 heavy (non-hydrogen) atoms. The van der Waals surface area contributed by atoms with Gasteiger partial charge in [0.2, 0.25) is 0 Å². The van der Waals surface area contributed by atoms with Crippen LogP contribution < -0.4 is 0 Å². The quantitative estimate of drug-likeness (QED) is 0.0783. The Labute approximate surface area is 817 Å². The van der Waals surface area contributed by atoms with Gasteiger partial charge in [-0.2, -0.15) is 0 Å². The molecule has 21 aliphatic rings. The maximum absolute atomic E-state index is 10.4. The summed E-state index contributed by atoms with van der Waals surface area (Å²) in [6.45, 7) is 0. The summed E-state index contributed by atoms with van der Waals surface area (Å²) in [5.74, 6) is 2.58. The average Bonchev–Trinajstić information content (AvgIpc) is 0.850. The van der Waals surface area contributed by atoms with Crippen LogP contribution in [0.25, 0.3) is 78.8 Å². The number of fused-ring (bicyclic) bond motifs is 21. The SMILES string of the molecule is O[C@@H]1CC2(CCC2)[C@@H]1[C@@H]1c2ccccc2-c2cncn21.O[C@@H]1CC2(CCC2)[C@@H]1[C@H]1c2ccccc2-c2cncn21.O[C@@H]1CC2(CCC2)[C@H]1[C@@H]1c2ccccc2-c2cncn21.O[C@@H]1CC2(CCC2)[C@H]1[C@H]1c2ccccc2-c2cncn21.O[C@H]1CC2(CCC2)[C@@H]1[C@@H]1c2ccccc2-c2cncn21.O[C@H]1CC2(CCC2)[C@H]1[C@@H]1c2ccccc2-c2cncn21.O[C@H]1CC2(CCC2)[C@H]1[C@H]1c2ccccc2-c2cncn21. The lowest BCUT2D eigenvalue weighted by Crippen LogP contribution is -2.58. The van der Waals surface area contributed by atoms with E-state index >= 15 is 0 Å². The fourth-order valence-electron chi connectivity index (χ4n) is 34.2. The topological polar surface area (TPSA) is 266 Å². The molecule has 0 radical (unpaired) electrons. The number of aromatic nitrogens is 14. The Balaban J connectivity index is 0.0000000784. The average molecular weight is 1860 g/mol. The summed E-state index contributed by atoms with van der Waals surface area (Å²) >= 11 is 0. The maximum Gasteiger partial charge on any atom is 0.0956 e. The predicted molar refractivity (Wildman–Crippen MR) is 533 cm³/mol. The largest absolute Gasteiger partial charge is 0.393 e. The highest BCUT2D eigenvalue weighted by atomic mass is 16.3. The highest BCUT2D eigenvalue weighted by molar-refractivity contribution is 5.75. The molecular formula is C119H126N14O7. The Bertz CT molecular complexity index is 5980. The van der Waals surface area contributed by atoms with E-state index in [-0.39, 0.29) is 85.0 Å². The van der Waals surface area contributed by atoms with Crippen molar-refractivity contribution >= 4 is 0 Å². The first-order chi connectivity index (χ1) is 68.6. The normalized spacial score (nSPS) is 32.4. The molecular weight excluding hydrogens is 1740 g/mol. The molecule has 7 N–H and O–H groups in total. The zero-order chi connectivity index (χ0) is 93.2. The zero-order valence-corrected chi connectivity index (χ0v) is 79.6. The second-order valence-corrected chi connectivity index (χ2v) is 47.1. The molecule has 35 rings (SSSR count). The van der Waals surface area contributed by atoms with Gasteiger partial charge < -0.3 is 67.7 Å². The van der Waals surface area contributed by atoms with Gasteiger partial charge in [-0.15, -0.1) is 0 Å². The molecule has 14 aromatic rings. The lowest BCUT2D eigenvalue weighted by molar-refractivity contribution is -0.165. The molecule has 0 saturated heterocycles. The summed E-state index contributed by atoms with van der Waals surface area (Å²) < 4.78 is 16.0. The van der Waals surface area contributed by atoms with Crippen LogP contribution in [0.1, 0.15) is 261 Å². The minimum atomic E-state index is -0.151. The van der Waals surface area contributed by atoms with Crippen molar-refractivity contribution < 1.29 is 35.7 Å². The van der Waals surface area contributed by atoms with E-state index in [1.807, 2.05) is 87.7 Å². The minimum Gasteiger partial charge on any atom is -0.393 e. The first-order valence-electron chi connectivity index (χ1n) is 53.2. The van der Waals surface area contributed by atoms with E-state index in [1.165, 1.54) is 253 Å². The molecule has 0 bridgehead atoms. The number of benzene rings is 7. The van der Waals surface area contributed by atoms with Crippen LogP contribution in [0.3, 0.4) is 0 Å². The van der Waals surface area contributed by atoms with E-state index in [2.05, 4.69) is 237 Å². The van der Waals surface area contributed by atoms with Crippen LogP contribution in [-0.2, 0) is 0 Å². The predicted octanol–water partition coefficient (Wildman–Crippen LogP) is 21.0. The number of aliphatic hydroxyl groups is 7. The second-order valence-electron chi connectivity index (χ2n) is 47.1. The van der Waals surface area contributed by atoms with E-state index in [9.17, 15) is 35.7 Å². The minimum absolute atomic E-state index is 0.151. The van der Waals surface area contributed by atoms with Gasteiger partial charge in [-0.1, -0.05) is 215 Å². The van der Waals surface area contributed by atoms with E-state index in [1.54, 1.807) is 0 Å².